The lowest BCUT2D eigenvalue weighted by Gasteiger charge is -2.17. The van der Waals surface area contributed by atoms with Crippen molar-refractivity contribution in [3.63, 3.8) is 0 Å². The van der Waals surface area contributed by atoms with Crippen LogP contribution in [0.15, 0.2) is 48.5 Å². The lowest BCUT2D eigenvalue weighted by atomic mass is 9.89. The summed E-state index contributed by atoms with van der Waals surface area (Å²) >= 11 is 10.6. The van der Waals surface area contributed by atoms with Crippen LogP contribution >= 0.6 is 23.2 Å². The summed E-state index contributed by atoms with van der Waals surface area (Å²) in [5.74, 6) is 0.219. The monoisotopic (exact) mass is 350 g/mol. The zero-order valence-electron chi connectivity index (χ0n) is 12.5. The molecule has 6 heteroatoms. The van der Waals surface area contributed by atoms with E-state index in [1.54, 1.807) is 0 Å². The summed E-state index contributed by atoms with van der Waals surface area (Å²) in [4.78, 5) is 21.7. The van der Waals surface area contributed by atoms with Crippen molar-refractivity contribution in [3.05, 3.63) is 59.7 Å². The molecule has 0 heterocycles. The molecular weight excluding hydrogens is 335 g/mol. The number of rotatable bonds is 5. The van der Waals surface area contributed by atoms with Crippen molar-refractivity contribution < 1.29 is 9.59 Å². The molecule has 0 aliphatic rings. The second kappa shape index (κ2) is 7.99. The van der Waals surface area contributed by atoms with Crippen molar-refractivity contribution in [2.75, 3.05) is 10.6 Å². The fraction of sp³-hybridized carbons (Fsp3) is 0.176. The van der Waals surface area contributed by atoms with Crippen LogP contribution in [0.2, 0.25) is 0 Å². The number of hydrogen-bond acceptors (Lipinski definition) is 2. The molecular formula is C17H16Cl2N2O2. The Bertz CT molecular complexity index is 625. The molecule has 0 aromatic heterocycles. The van der Waals surface area contributed by atoms with Gasteiger partial charge in [0.15, 0.2) is 0 Å². The maximum absolute atomic E-state index is 10.8. The molecule has 2 amide bonds. The molecule has 2 N–H and O–H groups in total. The van der Waals surface area contributed by atoms with E-state index in [0.29, 0.717) is 11.4 Å². The van der Waals surface area contributed by atoms with E-state index in [-0.39, 0.29) is 5.92 Å². The number of hydrogen-bond donors (Lipinski definition) is 2. The third kappa shape index (κ3) is 4.98. The molecule has 2 rings (SSSR count). The highest BCUT2D eigenvalue weighted by atomic mass is 35.5. The summed E-state index contributed by atoms with van der Waals surface area (Å²) in [5.41, 5.74) is 3.58. The van der Waals surface area contributed by atoms with Gasteiger partial charge in [-0.2, -0.15) is 0 Å². The van der Waals surface area contributed by atoms with Crippen molar-refractivity contribution in [2.45, 2.75) is 19.3 Å². The van der Waals surface area contributed by atoms with Gasteiger partial charge in [0.2, 0.25) is 0 Å². The predicted octanol–water partition coefficient (Wildman–Crippen LogP) is 5.77. The second-order valence-corrected chi connectivity index (χ2v) is 5.69. The second-order valence-electron chi connectivity index (χ2n) is 5.00. The van der Waals surface area contributed by atoms with Gasteiger partial charge in [-0.05, 0) is 65.0 Å². The summed E-state index contributed by atoms with van der Waals surface area (Å²) in [7, 11) is 0. The van der Waals surface area contributed by atoms with Crippen molar-refractivity contribution in [3.8, 4) is 0 Å². The Morgan fingerprint density at radius 2 is 1.17 bits per heavy atom. The molecule has 0 aliphatic carbocycles. The Balaban J connectivity index is 2.18. The molecule has 0 fully saturated rings. The Hall–Kier alpha value is -2.04. The van der Waals surface area contributed by atoms with Crippen LogP contribution in [0.3, 0.4) is 0 Å². The minimum absolute atomic E-state index is 0.219. The topological polar surface area (TPSA) is 58.2 Å². The molecule has 0 aliphatic heterocycles. The van der Waals surface area contributed by atoms with Gasteiger partial charge in [0.25, 0.3) is 0 Å². The maximum atomic E-state index is 10.8. The summed E-state index contributed by atoms with van der Waals surface area (Å²) in [6, 6.07) is 15.1. The number of carbonyl (C=O) groups excluding carboxylic acids is 2. The van der Waals surface area contributed by atoms with E-state index in [0.717, 1.165) is 17.5 Å². The number of amides is 2. The van der Waals surface area contributed by atoms with Crippen LogP contribution in [0.4, 0.5) is 21.0 Å². The lowest BCUT2D eigenvalue weighted by Crippen LogP contribution is -2.04. The molecule has 23 heavy (non-hydrogen) atoms. The molecule has 0 radical (unpaired) electrons. The third-order valence-electron chi connectivity index (χ3n) is 3.52. The van der Waals surface area contributed by atoms with E-state index in [1.807, 2.05) is 48.5 Å². The fourth-order valence-corrected chi connectivity index (χ4v) is 2.71. The molecule has 4 nitrogen and oxygen atoms in total. The Labute approximate surface area is 144 Å². The van der Waals surface area contributed by atoms with Crippen LogP contribution in [-0.2, 0) is 0 Å². The van der Waals surface area contributed by atoms with E-state index in [1.165, 1.54) is 0 Å². The van der Waals surface area contributed by atoms with Gasteiger partial charge >= 0.3 is 10.7 Å². The molecule has 0 saturated carbocycles. The SMILES string of the molecule is CCC(c1ccc(NC(=O)Cl)cc1)c1ccc(NC(=O)Cl)cc1. The van der Waals surface area contributed by atoms with Gasteiger partial charge in [-0.15, -0.1) is 0 Å². The molecule has 0 atom stereocenters. The Morgan fingerprint density at radius 1 is 0.826 bits per heavy atom. The van der Waals surface area contributed by atoms with Crippen molar-refractivity contribution in [2.24, 2.45) is 0 Å². The lowest BCUT2D eigenvalue weighted by molar-refractivity contribution is 0.268. The maximum Gasteiger partial charge on any atom is 0.318 e. The zero-order valence-corrected chi connectivity index (χ0v) is 14.0. The van der Waals surface area contributed by atoms with Crippen molar-refractivity contribution >= 4 is 45.3 Å². The van der Waals surface area contributed by atoms with E-state index < -0.39 is 10.7 Å². The average molecular weight is 351 g/mol. The van der Waals surface area contributed by atoms with Gasteiger partial charge in [0.1, 0.15) is 0 Å². The van der Waals surface area contributed by atoms with Gasteiger partial charge < -0.3 is 10.6 Å². The predicted molar refractivity (Wildman–Crippen MR) is 94.8 cm³/mol. The van der Waals surface area contributed by atoms with Crippen LogP contribution in [0, 0.1) is 0 Å². The van der Waals surface area contributed by atoms with E-state index >= 15 is 0 Å². The Kier molecular flexibility index (Phi) is 6.02. The minimum Gasteiger partial charge on any atom is -0.312 e. The highest BCUT2D eigenvalue weighted by molar-refractivity contribution is 6.66. The largest absolute Gasteiger partial charge is 0.318 e. The first-order valence-corrected chi connectivity index (χ1v) is 7.88. The summed E-state index contributed by atoms with van der Waals surface area (Å²) < 4.78 is 0. The van der Waals surface area contributed by atoms with Crippen molar-refractivity contribution in [1.82, 2.24) is 0 Å². The molecule has 0 bridgehead atoms. The molecule has 0 saturated heterocycles. The average Bonchev–Trinajstić information content (AvgIpc) is 2.50. The van der Waals surface area contributed by atoms with E-state index in [4.69, 9.17) is 23.2 Å². The molecule has 2 aromatic rings. The normalized spacial score (nSPS) is 10.4. The first-order valence-electron chi connectivity index (χ1n) is 7.12. The van der Waals surface area contributed by atoms with Gasteiger partial charge in [0.05, 0.1) is 0 Å². The van der Waals surface area contributed by atoms with Crippen LogP contribution in [-0.4, -0.2) is 10.7 Å². The fourth-order valence-electron chi connectivity index (χ4n) is 2.49. The van der Waals surface area contributed by atoms with Crippen molar-refractivity contribution in [1.29, 1.82) is 0 Å². The Morgan fingerprint density at radius 3 is 1.43 bits per heavy atom. The van der Waals surface area contributed by atoms with Crippen LogP contribution in [0.5, 0.6) is 0 Å². The van der Waals surface area contributed by atoms with Crippen LogP contribution in [0.25, 0.3) is 0 Å². The number of halogens is 2. The van der Waals surface area contributed by atoms with E-state index in [9.17, 15) is 9.59 Å². The number of anilines is 2. The van der Waals surface area contributed by atoms with E-state index in [2.05, 4.69) is 17.6 Å². The first kappa shape index (κ1) is 17.3. The zero-order chi connectivity index (χ0) is 16.8. The molecule has 0 unspecified atom stereocenters. The highest BCUT2D eigenvalue weighted by Crippen LogP contribution is 2.29. The number of nitrogens with one attached hydrogen (secondary N) is 2. The number of benzene rings is 2. The first-order chi connectivity index (χ1) is 11.0. The standard InChI is InChI=1S/C17H16Cl2N2O2/c1-2-15(11-3-7-13(8-4-11)20-16(18)22)12-5-9-14(10-6-12)21-17(19)23/h3-10,15H,2H2,1H3,(H,20,22)(H,21,23). The van der Waals surface area contributed by atoms with Gasteiger partial charge in [-0.1, -0.05) is 31.2 Å². The van der Waals surface area contributed by atoms with Crippen LogP contribution in [0.1, 0.15) is 30.4 Å². The summed E-state index contributed by atoms with van der Waals surface area (Å²) in [5, 5.41) is 3.84. The van der Waals surface area contributed by atoms with Gasteiger partial charge in [-0.3, -0.25) is 9.59 Å². The molecule has 0 spiro atoms. The number of carbonyl (C=O) groups is 2. The summed E-state index contributed by atoms with van der Waals surface area (Å²) in [6.07, 6.45) is 0.919. The van der Waals surface area contributed by atoms with Crippen LogP contribution < -0.4 is 10.6 Å². The summed E-state index contributed by atoms with van der Waals surface area (Å²) in [6.45, 7) is 2.10. The van der Waals surface area contributed by atoms with Gasteiger partial charge in [-0.25, -0.2) is 0 Å². The molecule has 2 aromatic carbocycles. The quantitative estimate of drug-likeness (QED) is 0.531. The smallest absolute Gasteiger partial charge is 0.312 e. The third-order valence-corrected chi connectivity index (χ3v) is 3.71. The highest BCUT2D eigenvalue weighted by Gasteiger charge is 2.12. The minimum atomic E-state index is -0.610. The molecule has 120 valence electrons. The van der Waals surface area contributed by atoms with Gasteiger partial charge in [0, 0.05) is 17.3 Å².